The summed E-state index contributed by atoms with van der Waals surface area (Å²) in [4.78, 5) is 0. The van der Waals surface area contributed by atoms with E-state index in [0.29, 0.717) is 35.1 Å². The minimum atomic E-state index is -2.21. The molecule has 344 valence electrons. The Balaban J connectivity index is 1.93. The second-order valence-electron chi connectivity index (χ2n) is 16.4. The highest BCUT2D eigenvalue weighted by atomic mass is 35.6. The van der Waals surface area contributed by atoms with E-state index in [1.54, 1.807) is 0 Å². The molecule has 65 heavy (non-hydrogen) atoms. The van der Waals surface area contributed by atoms with Crippen molar-refractivity contribution in [2.75, 3.05) is 0 Å². The molecular formula is C54H52Cl10O. The van der Waals surface area contributed by atoms with Crippen LogP contribution in [0.15, 0.2) is 158 Å². The van der Waals surface area contributed by atoms with Crippen molar-refractivity contribution in [1.29, 1.82) is 0 Å². The number of alkyl halides is 10. The van der Waals surface area contributed by atoms with Gasteiger partial charge < -0.3 is 4.74 Å². The monoisotopic (exact) mass is 1070 g/mol. The van der Waals surface area contributed by atoms with Crippen LogP contribution in [0.5, 0.6) is 0 Å². The first kappa shape index (κ1) is 52.5. The van der Waals surface area contributed by atoms with E-state index in [2.05, 4.69) is 26.0 Å². The molecule has 0 saturated carbocycles. The molecule has 6 aromatic carbocycles. The zero-order valence-electron chi connectivity index (χ0n) is 36.3. The van der Waals surface area contributed by atoms with E-state index in [1.165, 1.54) is 0 Å². The van der Waals surface area contributed by atoms with Gasteiger partial charge in [0.25, 0.3) is 0 Å². The highest BCUT2D eigenvalue weighted by molar-refractivity contribution is 6.76. The van der Waals surface area contributed by atoms with E-state index in [9.17, 15) is 0 Å². The summed E-state index contributed by atoms with van der Waals surface area (Å²) in [5.41, 5.74) is 3.47. The highest BCUT2D eigenvalue weighted by Crippen LogP contribution is 2.62. The Morgan fingerprint density at radius 3 is 0.892 bits per heavy atom. The molecular weight excluding hydrogens is 1020 g/mol. The predicted octanol–water partition coefficient (Wildman–Crippen LogP) is 19.2. The SMILES string of the molecule is CCCCCCc1cccc(C(Cl)(Cl)C(Cl)(Cl)Cl)c1C(OC(c1ccccc1)(c1ccccc1)c1c(CCCCCC)cccc1C(Cl)(Cl)C(Cl)(Cl)Cl)(c1ccccc1)c1ccccc1. The van der Waals surface area contributed by atoms with Gasteiger partial charge in [-0.25, -0.2) is 0 Å². The van der Waals surface area contributed by atoms with Crippen LogP contribution >= 0.6 is 116 Å². The first-order valence-corrected chi connectivity index (χ1v) is 25.8. The molecule has 0 radical (unpaired) electrons. The number of rotatable bonds is 20. The maximum absolute atomic E-state index is 8.68. The first-order chi connectivity index (χ1) is 31.0. The van der Waals surface area contributed by atoms with Gasteiger partial charge in [0.15, 0.2) is 8.67 Å². The largest absolute Gasteiger partial charge is 0.340 e. The molecule has 0 N–H and O–H groups in total. The molecule has 0 unspecified atom stereocenters. The van der Waals surface area contributed by atoms with Crippen LogP contribution in [0.3, 0.4) is 0 Å². The van der Waals surface area contributed by atoms with Crippen molar-refractivity contribution in [2.45, 2.75) is 106 Å². The molecule has 1 nitrogen and oxygen atoms in total. The maximum atomic E-state index is 8.68. The Labute approximate surface area is 435 Å². The minimum absolute atomic E-state index is 0.356. The summed E-state index contributed by atoms with van der Waals surface area (Å²) < 4.78 is 0.0560. The first-order valence-electron chi connectivity index (χ1n) is 22.1. The Morgan fingerprint density at radius 1 is 0.338 bits per heavy atom. The Kier molecular flexibility index (Phi) is 18.4. The average molecular weight is 1070 g/mol. The summed E-state index contributed by atoms with van der Waals surface area (Å²) >= 11 is 71.1. The zero-order chi connectivity index (χ0) is 46.9. The topological polar surface area (TPSA) is 9.23 Å². The molecule has 0 fully saturated rings. The summed E-state index contributed by atoms with van der Waals surface area (Å²) in [7, 11) is 0. The molecule has 0 amide bonds. The normalized spacial score (nSPS) is 13.0. The standard InChI is InChI=1S/C54H52Cl10O/c1-3-5-7-13-25-39-27-23-37-45(51(55,56)53(59,60)61)47(39)49(41-29-15-9-16-30-41,42-31-17-10-18-32-42)65-50(43-33-19-11-20-34-43,44-35-21-12-22-36-44)48-40(26-14-8-6-4-2)28-24-38-46(48)52(57,58)54(62,63)64/h9-12,15-24,27-38H,3-8,13-14,25-26H2,1-2H3. The number of ether oxygens (including phenoxy) is 1. The van der Waals surface area contributed by atoms with E-state index in [0.717, 1.165) is 84.7 Å². The van der Waals surface area contributed by atoms with Crippen LogP contribution in [0.2, 0.25) is 0 Å². The van der Waals surface area contributed by atoms with Gasteiger partial charge in [0.1, 0.15) is 11.2 Å². The van der Waals surface area contributed by atoms with Crippen LogP contribution < -0.4 is 0 Å². The van der Waals surface area contributed by atoms with E-state index < -0.39 is 27.5 Å². The van der Waals surface area contributed by atoms with E-state index >= 15 is 0 Å². The number of unbranched alkanes of at least 4 members (excludes halogenated alkanes) is 6. The lowest BCUT2D eigenvalue weighted by Gasteiger charge is -2.50. The fourth-order valence-electron chi connectivity index (χ4n) is 8.93. The lowest BCUT2D eigenvalue weighted by Crippen LogP contribution is -2.48. The molecule has 0 aromatic heterocycles. The van der Waals surface area contributed by atoms with Gasteiger partial charge in [-0.3, -0.25) is 0 Å². The Morgan fingerprint density at radius 2 is 0.631 bits per heavy atom. The predicted molar refractivity (Wildman–Crippen MR) is 283 cm³/mol. The molecule has 0 aliphatic carbocycles. The second-order valence-corrected chi connectivity index (χ2v) is 23.6. The van der Waals surface area contributed by atoms with Crippen molar-refractivity contribution in [2.24, 2.45) is 0 Å². The van der Waals surface area contributed by atoms with Crippen LogP contribution in [0.1, 0.15) is 121 Å². The number of benzene rings is 6. The third kappa shape index (κ3) is 11.1. The molecule has 0 atom stereocenters. The zero-order valence-corrected chi connectivity index (χ0v) is 43.8. The average Bonchev–Trinajstić information content (AvgIpc) is 3.30. The molecule has 0 spiro atoms. The summed E-state index contributed by atoms with van der Waals surface area (Å²) in [6, 6.07) is 51.7. The second kappa shape index (κ2) is 22.7. The summed E-state index contributed by atoms with van der Waals surface area (Å²) in [6.45, 7) is 4.38. The van der Waals surface area contributed by atoms with Gasteiger partial charge in [0.2, 0.25) is 7.59 Å². The highest BCUT2D eigenvalue weighted by Gasteiger charge is 2.58. The summed E-state index contributed by atoms with van der Waals surface area (Å²) in [5, 5.41) is 0. The number of halogens is 10. The van der Waals surface area contributed by atoms with Crippen LogP contribution in [0.25, 0.3) is 0 Å². The summed E-state index contributed by atoms with van der Waals surface area (Å²) in [5.74, 6) is 0. The molecule has 0 heterocycles. The van der Waals surface area contributed by atoms with Crippen molar-refractivity contribution in [3.8, 4) is 0 Å². The molecule has 0 saturated heterocycles. The van der Waals surface area contributed by atoms with Gasteiger partial charge >= 0.3 is 0 Å². The lowest BCUT2D eigenvalue weighted by atomic mass is 9.70. The van der Waals surface area contributed by atoms with Gasteiger partial charge in [-0.05, 0) is 70.2 Å². The molecule has 6 aromatic rings. The lowest BCUT2D eigenvalue weighted by molar-refractivity contribution is -0.0828. The van der Waals surface area contributed by atoms with Gasteiger partial charge in [-0.15, -0.1) is 0 Å². The van der Waals surface area contributed by atoms with E-state index in [4.69, 9.17) is 121 Å². The van der Waals surface area contributed by atoms with Crippen molar-refractivity contribution in [1.82, 2.24) is 0 Å². The quantitative estimate of drug-likeness (QED) is 0.0421. The van der Waals surface area contributed by atoms with Gasteiger partial charge in [0, 0.05) is 11.1 Å². The summed E-state index contributed by atoms with van der Waals surface area (Å²) in [6.07, 6.45) is 9.16. The van der Waals surface area contributed by atoms with Crippen molar-refractivity contribution in [3.63, 3.8) is 0 Å². The van der Waals surface area contributed by atoms with Gasteiger partial charge in [0.05, 0.1) is 0 Å². The molecule has 0 aliphatic rings. The number of hydrogen-bond donors (Lipinski definition) is 0. The van der Waals surface area contributed by atoms with Crippen LogP contribution in [-0.2, 0) is 37.4 Å². The van der Waals surface area contributed by atoms with E-state index in [1.807, 2.05) is 146 Å². The number of hydrogen-bond acceptors (Lipinski definition) is 1. The van der Waals surface area contributed by atoms with Crippen LogP contribution in [0.4, 0.5) is 0 Å². The Hall–Kier alpha value is -1.82. The van der Waals surface area contributed by atoms with Gasteiger partial charge in [-0.1, -0.05) is 326 Å². The molecule has 0 aliphatic heterocycles. The molecule has 0 bridgehead atoms. The van der Waals surface area contributed by atoms with Crippen molar-refractivity contribution in [3.05, 3.63) is 213 Å². The molecule has 6 rings (SSSR count). The minimum Gasteiger partial charge on any atom is -0.340 e. The van der Waals surface area contributed by atoms with E-state index in [-0.39, 0.29) is 0 Å². The third-order valence-corrected chi connectivity index (χ3v) is 16.8. The van der Waals surface area contributed by atoms with Gasteiger partial charge in [-0.2, -0.15) is 0 Å². The fraction of sp³-hybridized carbons (Fsp3) is 0.333. The smallest absolute Gasteiger partial charge is 0.227 e. The van der Waals surface area contributed by atoms with Crippen molar-refractivity contribution >= 4 is 116 Å². The van der Waals surface area contributed by atoms with Crippen LogP contribution in [-0.4, -0.2) is 7.59 Å². The maximum Gasteiger partial charge on any atom is 0.227 e. The molecule has 11 heteroatoms. The van der Waals surface area contributed by atoms with Crippen LogP contribution in [0, 0.1) is 0 Å². The number of aryl methyl sites for hydroxylation is 2. The van der Waals surface area contributed by atoms with Crippen molar-refractivity contribution < 1.29 is 4.74 Å². The Bertz CT molecular complexity index is 2160. The fourth-order valence-corrected chi connectivity index (χ4v) is 10.2. The third-order valence-electron chi connectivity index (χ3n) is 12.0.